The molecule has 2 aromatic heterocycles. The van der Waals surface area contributed by atoms with E-state index in [0.29, 0.717) is 12.5 Å². The van der Waals surface area contributed by atoms with Crippen LogP contribution in [0.25, 0.3) is 10.8 Å². The molecule has 2 N–H and O–H groups in total. The first kappa shape index (κ1) is 15.1. The molecule has 4 rings (SSSR count). The van der Waals surface area contributed by atoms with E-state index in [-0.39, 0.29) is 12.1 Å². The van der Waals surface area contributed by atoms with Gasteiger partial charge in [-0.1, -0.05) is 24.3 Å². The van der Waals surface area contributed by atoms with Gasteiger partial charge in [0.05, 0.1) is 18.3 Å². The standard InChI is InChI=1S/C18H18N4OS/c23-18(22-16(13-5-6-13)17-20-9-10-24-17)21-11-15-14-4-2-1-3-12(14)7-8-19-15/h1-4,7-10,13,16H,5-6,11H2,(H2,21,22,23)/t16-/m1/s1. The van der Waals surface area contributed by atoms with Crippen molar-refractivity contribution in [1.82, 2.24) is 20.6 Å². The number of carbonyl (C=O) groups excluding carboxylic acids is 1. The molecule has 1 atom stereocenters. The number of fused-ring (bicyclic) bond motifs is 1. The van der Waals surface area contributed by atoms with Crippen LogP contribution in [0.15, 0.2) is 48.1 Å². The summed E-state index contributed by atoms with van der Waals surface area (Å²) in [5.41, 5.74) is 0.875. The van der Waals surface area contributed by atoms with Crippen molar-refractivity contribution >= 4 is 28.1 Å². The molecular formula is C18H18N4OS. The maximum Gasteiger partial charge on any atom is 0.315 e. The predicted octanol–water partition coefficient (Wildman–Crippen LogP) is 3.64. The largest absolute Gasteiger partial charge is 0.332 e. The zero-order valence-corrected chi connectivity index (χ0v) is 13.9. The van der Waals surface area contributed by atoms with Crippen LogP contribution >= 0.6 is 11.3 Å². The summed E-state index contributed by atoms with van der Waals surface area (Å²) in [7, 11) is 0. The molecule has 1 aliphatic rings. The van der Waals surface area contributed by atoms with Crippen LogP contribution in [0.5, 0.6) is 0 Å². The number of benzene rings is 1. The van der Waals surface area contributed by atoms with Gasteiger partial charge in [0.2, 0.25) is 0 Å². The molecule has 0 unspecified atom stereocenters. The molecule has 0 aliphatic heterocycles. The summed E-state index contributed by atoms with van der Waals surface area (Å²) in [6.45, 7) is 0.405. The Hall–Kier alpha value is -2.47. The van der Waals surface area contributed by atoms with Gasteiger partial charge in [-0.2, -0.15) is 0 Å². The van der Waals surface area contributed by atoms with Gasteiger partial charge in [-0.25, -0.2) is 9.78 Å². The molecule has 0 radical (unpaired) electrons. The first-order chi connectivity index (χ1) is 11.8. The van der Waals surface area contributed by atoms with Gasteiger partial charge in [-0.15, -0.1) is 11.3 Å². The lowest BCUT2D eigenvalue weighted by Crippen LogP contribution is -2.38. The lowest BCUT2D eigenvalue weighted by molar-refractivity contribution is 0.235. The first-order valence-corrected chi connectivity index (χ1v) is 8.95. The molecule has 24 heavy (non-hydrogen) atoms. The third-order valence-electron chi connectivity index (χ3n) is 4.27. The van der Waals surface area contributed by atoms with Crippen molar-refractivity contribution < 1.29 is 4.79 Å². The molecule has 3 aromatic rings. The molecule has 1 saturated carbocycles. The average Bonchev–Trinajstić information content (AvgIpc) is 3.31. The minimum Gasteiger partial charge on any atom is -0.332 e. The Bertz CT molecular complexity index is 840. The van der Waals surface area contributed by atoms with E-state index in [4.69, 9.17) is 0 Å². The quantitative estimate of drug-likeness (QED) is 0.746. The van der Waals surface area contributed by atoms with Crippen molar-refractivity contribution in [3.63, 3.8) is 0 Å². The summed E-state index contributed by atoms with van der Waals surface area (Å²) >= 11 is 1.59. The predicted molar refractivity (Wildman–Crippen MR) is 94.7 cm³/mol. The first-order valence-electron chi connectivity index (χ1n) is 8.07. The Labute approximate surface area is 144 Å². The smallest absolute Gasteiger partial charge is 0.315 e. The topological polar surface area (TPSA) is 66.9 Å². The van der Waals surface area contributed by atoms with Gasteiger partial charge in [0, 0.05) is 23.2 Å². The number of thiazole rings is 1. The molecular weight excluding hydrogens is 320 g/mol. The molecule has 2 heterocycles. The molecule has 1 aromatic carbocycles. The van der Waals surface area contributed by atoms with Gasteiger partial charge in [-0.3, -0.25) is 4.98 Å². The molecule has 0 spiro atoms. The summed E-state index contributed by atoms with van der Waals surface area (Å²) in [6.07, 6.45) is 5.86. The van der Waals surface area contributed by atoms with Crippen LogP contribution in [0.4, 0.5) is 4.79 Å². The van der Waals surface area contributed by atoms with Crippen molar-refractivity contribution in [1.29, 1.82) is 0 Å². The van der Waals surface area contributed by atoms with Crippen molar-refractivity contribution in [2.24, 2.45) is 5.92 Å². The van der Waals surface area contributed by atoms with Crippen LogP contribution in [0.2, 0.25) is 0 Å². The minimum absolute atomic E-state index is 0.0190. The normalized spacial score (nSPS) is 15.2. The zero-order valence-electron chi connectivity index (χ0n) is 13.1. The minimum atomic E-state index is -0.170. The summed E-state index contributed by atoms with van der Waals surface area (Å²) < 4.78 is 0. The molecule has 5 nitrogen and oxygen atoms in total. The van der Waals surface area contributed by atoms with Crippen LogP contribution in [0, 0.1) is 5.92 Å². The van der Waals surface area contributed by atoms with E-state index in [9.17, 15) is 4.79 Å². The Morgan fingerprint density at radius 2 is 2.08 bits per heavy atom. The number of carbonyl (C=O) groups is 1. The highest BCUT2D eigenvalue weighted by molar-refractivity contribution is 7.09. The van der Waals surface area contributed by atoms with Crippen LogP contribution < -0.4 is 10.6 Å². The highest BCUT2D eigenvalue weighted by Gasteiger charge is 2.34. The van der Waals surface area contributed by atoms with E-state index in [1.807, 2.05) is 35.7 Å². The van der Waals surface area contributed by atoms with Gasteiger partial charge in [0.25, 0.3) is 0 Å². The lowest BCUT2D eigenvalue weighted by Gasteiger charge is -2.16. The number of urea groups is 1. The molecule has 2 amide bonds. The Morgan fingerprint density at radius 1 is 1.21 bits per heavy atom. The average molecular weight is 338 g/mol. The molecule has 1 fully saturated rings. The number of rotatable bonds is 5. The summed E-state index contributed by atoms with van der Waals surface area (Å²) in [4.78, 5) is 21.1. The number of aromatic nitrogens is 2. The van der Waals surface area contributed by atoms with Crippen LogP contribution in [-0.2, 0) is 6.54 Å². The van der Waals surface area contributed by atoms with Crippen LogP contribution in [0.1, 0.15) is 29.6 Å². The zero-order chi connectivity index (χ0) is 16.4. The third-order valence-corrected chi connectivity index (χ3v) is 5.13. The second-order valence-electron chi connectivity index (χ2n) is 5.99. The van der Waals surface area contributed by atoms with Crippen molar-refractivity contribution in [3.8, 4) is 0 Å². The Morgan fingerprint density at radius 3 is 2.88 bits per heavy atom. The van der Waals surface area contributed by atoms with Gasteiger partial charge in [0.1, 0.15) is 5.01 Å². The van der Waals surface area contributed by atoms with Gasteiger partial charge in [0.15, 0.2) is 0 Å². The number of pyridine rings is 1. The second-order valence-corrected chi connectivity index (χ2v) is 6.92. The van der Waals surface area contributed by atoms with Crippen molar-refractivity contribution in [2.75, 3.05) is 0 Å². The number of hydrogen-bond donors (Lipinski definition) is 2. The van der Waals surface area contributed by atoms with E-state index < -0.39 is 0 Å². The van der Waals surface area contributed by atoms with Gasteiger partial charge in [-0.05, 0) is 30.2 Å². The van der Waals surface area contributed by atoms with E-state index in [0.717, 1.165) is 34.3 Å². The molecule has 6 heteroatoms. The van der Waals surface area contributed by atoms with Gasteiger partial charge >= 0.3 is 6.03 Å². The van der Waals surface area contributed by atoms with E-state index in [2.05, 4.69) is 20.6 Å². The summed E-state index contributed by atoms with van der Waals surface area (Å²) in [5.74, 6) is 0.512. The fraction of sp³-hybridized carbons (Fsp3) is 0.278. The molecule has 1 aliphatic carbocycles. The van der Waals surface area contributed by atoms with Crippen LogP contribution in [0.3, 0.4) is 0 Å². The summed E-state index contributed by atoms with van der Waals surface area (Å²) in [6, 6.07) is 9.89. The number of hydrogen-bond acceptors (Lipinski definition) is 4. The highest BCUT2D eigenvalue weighted by Crippen LogP contribution is 2.41. The van der Waals surface area contributed by atoms with E-state index >= 15 is 0 Å². The van der Waals surface area contributed by atoms with Crippen molar-refractivity contribution in [2.45, 2.75) is 25.4 Å². The second kappa shape index (κ2) is 6.57. The number of nitrogens with zero attached hydrogens (tertiary/aromatic N) is 2. The SMILES string of the molecule is O=C(NCc1nccc2ccccc12)N[C@@H](c1nccs1)C1CC1. The van der Waals surface area contributed by atoms with E-state index in [1.54, 1.807) is 23.7 Å². The maximum absolute atomic E-state index is 12.3. The molecule has 0 saturated heterocycles. The third kappa shape index (κ3) is 3.23. The van der Waals surface area contributed by atoms with Crippen molar-refractivity contribution in [3.05, 3.63) is 58.8 Å². The summed E-state index contributed by atoms with van der Waals surface area (Å²) in [5, 5.41) is 11.1. The lowest BCUT2D eigenvalue weighted by atomic mass is 10.1. The van der Waals surface area contributed by atoms with Crippen LogP contribution in [-0.4, -0.2) is 16.0 Å². The Kier molecular flexibility index (Phi) is 4.13. The Balaban J connectivity index is 1.42. The molecule has 0 bridgehead atoms. The monoisotopic (exact) mass is 338 g/mol. The number of nitrogens with one attached hydrogen (secondary N) is 2. The van der Waals surface area contributed by atoms with E-state index in [1.165, 1.54) is 0 Å². The highest BCUT2D eigenvalue weighted by atomic mass is 32.1. The molecule has 122 valence electrons. The fourth-order valence-electron chi connectivity index (χ4n) is 2.88. The maximum atomic E-state index is 12.3. The fourth-order valence-corrected chi connectivity index (χ4v) is 3.66. The number of amides is 2. The van der Waals surface area contributed by atoms with Gasteiger partial charge < -0.3 is 10.6 Å².